The summed E-state index contributed by atoms with van der Waals surface area (Å²) < 4.78 is 1.69. The van der Waals surface area contributed by atoms with E-state index in [1.54, 1.807) is 10.9 Å². The highest BCUT2D eigenvalue weighted by molar-refractivity contribution is 6.05. The molecule has 1 aromatic heterocycles. The SMILES string of the molecule is Cc1nn(C)cc1C(=O)Nc1cccc2c1C1CCC2C1CC(C)C. The molecule has 4 rings (SSSR count). The Bertz CT molecular complexity index is 821. The molecule has 1 aromatic carbocycles. The molecule has 0 aliphatic heterocycles. The van der Waals surface area contributed by atoms with E-state index in [9.17, 15) is 4.79 Å². The van der Waals surface area contributed by atoms with Crippen molar-refractivity contribution in [1.29, 1.82) is 0 Å². The number of hydrogen-bond acceptors (Lipinski definition) is 2. The minimum atomic E-state index is -0.0535. The van der Waals surface area contributed by atoms with Gasteiger partial charge in [-0.2, -0.15) is 5.10 Å². The first-order chi connectivity index (χ1) is 12.0. The van der Waals surface area contributed by atoms with E-state index in [0.29, 0.717) is 17.4 Å². The molecule has 1 N–H and O–H groups in total. The number of aryl methyl sites for hydroxylation is 2. The van der Waals surface area contributed by atoms with Crippen molar-refractivity contribution >= 4 is 11.6 Å². The number of nitrogens with zero attached hydrogens (tertiary/aromatic N) is 2. The molecule has 0 radical (unpaired) electrons. The number of benzene rings is 1. The summed E-state index contributed by atoms with van der Waals surface area (Å²) >= 11 is 0. The van der Waals surface area contributed by atoms with Gasteiger partial charge in [0.1, 0.15) is 0 Å². The zero-order valence-corrected chi connectivity index (χ0v) is 15.5. The van der Waals surface area contributed by atoms with Crippen LogP contribution in [0.3, 0.4) is 0 Å². The largest absolute Gasteiger partial charge is 0.322 e. The van der Waals surface area contributed by atoms with E-state index in [1.807, 2.05) is 14.0 Å². The van der Waals surface area contributed by atoms with Crippen LogP contribution in [-0.4, -0.2) is 15.7 Å². The molecule has 4 heteroatoms. The van der Waals surface area contributed by atoms with Crippen molar-refractivity contribution in [3.05, 3.63) is 46.8 Å². The highest BCUT2D eigenvalue weighted by atomic mass is 16.1. The molecule has 1 heterocycles. The number of nitrogens with one attached hydrogen (secondary N) is 1. The zero-order valence-electron chi connectivity index (χ0n) is 15.5. The van der Waals surface area contributed by atoms with E-state index in [-0.39, 0.29) is 5.91 Å². The van der Waals surface area contributed by atoms with Crippen LogP contribution in [0, 0.1) is 18.8 Å². The average Bonchev–Trinajstić information content (AvgIpc) is 3.19. The average molecular weight is 337 g/mol. The highest BCUT2D eigenvalue weighted by Crippen LogP contribution is 2.60. The van der Waals surface area contributed by atoms with Crippen LogP contribution in [0.15, 0.2) is 24.4 Å². The molecule has 2 aromatic rings. The van der Waals surface area contributed by atoms with Crippen molar-refractivity contribution in [2.45, 2.75) is 51.9 Å². The van der Waals surface area contributed by atoms with Crippen LogP contribution < -0.4 is 5.32 Å². The number of carbonyl (C=O) groups is 1. The minimum Gasteiger partial charge on any atom is -0.322 e. The summed E-state index contributed by atoms with van der Waals surface area (Å²) in [5.74, 6) is 2.70. The van der Waals surface area contributed by atoms with Gasteiger partial charge < -0.3 is 5.32 Å². The third kappa shape index (κ3) is 2.68. The summed E-state index contributed by atoms with van der Waals surface area (Å²) in [6.45, 7) is 6.51. The molecule has 2 aliphatic carbocycles. The Morgan fingerprint density at radius 1 is 1.32 bits per heavy atom. The topological polar surface area (TPSA) is 46.9 Å². The fourth-order valence-electron chi connectivity index (χ4n) is 5.13. The molecule has 0 saturated heterocycles. The molecule has 1 saturated carbocycles. The first-order valence-electron chi connectivity index (χ1n) is 9.40. The number of amides is 1. The summed E-state index contributed by atoms with van der Waals surface area (Å²) in [7, 11) is 1.85. The number of anilines is 1. The number of fused-ring (bicyclic) bond motifs is 5. The molecule has 3 unspecified atom stereocenters. The van der Waals surface area contributed by atoms with Crippen molar-refractivity contribution in [2.24, 2.45) is 18.9 Å². The number of aromatic nitrogens is 2. The maximum absolute atomic E-state index is 12.7. The lowest BCUT2D eigenvalue weighted by molar-refractivity contribution is 0.102. The second-order valence-corrected chi connectivity index (χ2v) is 8.15. The van der Waals surface area contributed by atoms with Crippen LogP contribution >= 0.6 is 0 Å². The standard InChI is InChI=1S/C21H27N3O/c1-12(2)10-17-14-8-9-16(17)20-15(14)6-5-7-19(20)22-21(25)18-11-24(4)23-13(18)3/h5-7,11-12,14,16-17H,8-10H2,1-4H3,(H,22,25). The highest BCUT2D eigenvalue weighted by Gasteiger charge is 2.46. The van der Waals surface area contributed by atoms with E-state index in [1.165, 1.54) is 30.4 Å². The number of carbonyl (C=O) groups excluding carboxylic acids is 1. The first kappa shape index (κ1) is 16.4. The normalized spacial score (nSPS) is 24.0. The van der Waals surface area contributed by atoms with Crippen LogP contribution in [0.25, 0.3) is 0 Å². The summed E-state index contributed by atoms with van der Waals surface area (Å²) in [6, 6.07) is 6.44. The third-order valence-corrected chi connectivity index (χ3v) is 5.98. The Morgan fingerprint density at radius 3 is 2.76 bits per heavy atom. The van der Waals surface area contributed by atoms with Gasteiger partial charge in [0.2, 0.25) is 0 Å². The third-order valence-electron chi connectivity index (χ3n) is 5.98. The van der Waals surface area contributed by atoms with Gasteiger partial charge in [-0.05, 0) is 67.1 Å². The van der Waals surface area contributed by atoms with Gasteiger partial charge >= 0.3 is 0 Å². The van der Waals surface area contributed by atoms with Gasteiger partial charge in [-0.1, -0.05) is 26.0 Å². The Balaban J connectivity index is 1.64. The first-order valence-corrected chi connectivity index (χ1v) is 9.40. The van der Waals surface area contributed by atoms with Crippen LogP contribution in [0.1, 0.15) is 72.1 Å². The molecular weight excluding hydrogens is 310 g/mol. The monoisotopic (exact) mass is 337 g/mol. The lowest BCUT2D eigenvalue weighted by Gasteiger charge is -2.20. The molecule has 132 valence electrons. The molecule has 2 bridgehead atoms. The molecule has 1 amide bonds. The number of rotatable bonds is 4. The molecule has 2 aliphatic rings. The summed E-state index contributed by atoms with van der Waals surface area (Å²) in [4.78, 5) is 12.7. The van der Waals surface area contributed by atoms with Gasteiger partial charge in [-0.25, -0.2) is 0 Å². The van der Waals surface area contributed by atoms with Gasteiger partial charge in [-0.3, -0.25) is 9.48 Å². The predicted octanol–water partition coefficient (Wildman–Crippen LogP) is 4.62. The van der Waals surface area contributed by atoms with E-state index in [2.05, 4.69) is 42.5 Å². The molecule has 0 spiro atoms. The van der Waals surface area contributed by atoms with Crippen LogP contribution in [0.4, 0.5) is 5.69 Å². The zero-order chi connectivity index (χ0) is 17.7. The Morgan fingerprint density at radius 2 is 2.08 bits per heavy atom. The fraction of sp³-hybridized carbons (Fsp3) is 0.524. The van der Waals surface area contributed by atoms with E-state index in [4.69, 9.17) is 0 Å². The van der Waals surface area contributed by atoms with Crippen molar-refractivity contribution in [2.75, 3.05) is 5.32 Å². The van der Waals surface area contributed by atoms with Crippen LogP contribution in [-0.2, 0) is 7.05 Å². The van der Waals surface area contributed by atoms with Gasteiger partial charge in [0.25, 0.3) is 5.91 Å². The van der Waals surface area contributed by atoms with E-state index >= 15 is 0 Å². The minimum absolute atomic E-state index is 0.0535. The molecular formula is C21H27N3O. The van der Waals surface area contributed by atoms with Gasteiger partial charge in [0.05, 0.1) is 11.3 Å². The smallest absolute Gasteiger partial charge is 0.259 e. The van der Waals surface area contributed by atoms with Crippen molar-refractivity contribution in [1.82, 2.24) is 9.78 Å². The van der Waals surface area contributed by atoms with Crippen molar-refractivity contribution in [3.63, 3.8) is 0 Å². The summed E-state index contributed by atoms with van der Waals surface area (Å²) in [5, 5.41) is 7.46. The van der Waals surface area contributed by atoms with Crippen LogP contribution in [0.2, 0.25) is 0 Å². The lowest BCUT2D eigenvalue weighted by Crippen LogP contribution is -2.15. The second kappa shape index (κ2) is 6.01. The number of hydrogen-bond donors (Lipinski definition) is 1. The fourth-order valence-corrected chi connectivity index (χ4v) is 5.13. The lowest BCUT2D eigenvalue weighted by atomic mass is 9.87. The maximum atomic E-state index is 12.7. The van der Waals surface area contributed by atoms with Crippen molar-refractivity contribution < 1.29 is 4.79 Å². The maximum Gasteiger partial charge on any atom is 0.259 e. The van der Waals surface area contributed by atoms with Gasteiger partial charge in [0.15, 0.2) is 0 Å². The van der Waals surface area contributed by atoms with Gasteiger partial charge in [-0.15, -0.1) is 0 Å². The Hall–Kier alpha value is -2.10. The molecule has 1 fully saturated rings. The second-order valence-electron chi connectivity index (χ2n) is 8.15. The molecule has 4 nitrogen and oxygen atoms in total. The summed E-state index contributed by atoms with van der Waals surface area (Å²) in [5.41, 5.74) is 5.31. The van der Waals surface area contributed by atoms with Crippen molar-refractivity contribution in [3.8, 4) is 0 Å². The molecule has 3 atom stereocenters. The summed E-state index contributed by atoms with van der Waals surface area (Å²) in [6.07, 6.45) is 5.63. The predicted molar refractivity (Wildman–Crippen MR) is 100 cm³/mol. The quantitative estimate of drug-likeness (QED) is 0.885. The Kier molecular flexibility index (Phi) is 3.94. The van der Waals surface area contributed by atoms with Gasteiger partial charge in [0, 0.05) is 18.9 Å². The molecule has 25 heavy (non-hydrogen) atoms. The Labute approximate surface area is 149 Å². The van der Waals surface area contributed by atoms with Crippen LogP contribution in [0.5, 0.6) is 0 Å². The van der Waals surface area contributed by atoms with E-state index in [0.717, 1.165) is 23.2 Å². The van der Waals surface area contributed by atoms with E-state index < -0.39 is 0 Å².